The van der Waals surface area contributed by atoms with Gasteiger partial charge in [0.25, 0.3) is 0 Å². The Balaban J connectivity index is 2.27. The number of carboxylic acids is 1. The van der Waals surface area contributed by atoms with E-state index in [0.29, 0.717) is 5.76 Å². The van der Waals surface area contributed by atoms with E-state index in [0.717, 1.165) is 0 Å². The van der Waals surface area contributed by atoms with E-state index in [1.165, 1.54) is 12.5 Å². The molecular weight excluding hydrogens is 162 g/mol. The Morgan fingerprint density at radius 3 is 3.25 bits per heavy atom. The topological polar surface area (TPSA) is 74.9 Å². The van der Waals surface area contributed by atoms with Gasteiger partial charge < -0.3 is 19.2 Å². The zero-order valence-corrected chi connectivity index (χ0v) is 6.10. The van der Waals surface area contributed by atoms with Crippen LogP contribution in [-0.2, 0) is 9.63 Å². The van der Waals surface area contributed by atoms with Crippen molar-refractivity contribution in [3.8, 4) is 0 Å². The van der Waals surface area contributed by atoms with E-state index in [1.54, 1.807) is 12.1 Å². The Labute approximate surface area is 68.2 Å². The molecule has 12 heavy (non-hydrogen) atoms. The Morgan fingerprint density at radius 2 is 2.67 bits per heavy atom. The molecule has 0 aromatic carbocycles. The van der Waals surface area contributed by atoms with E-state index in [1.807, 2.05) is 0 Å². The lowest BCUT2D eigenvalue weighted by molar-refractivity contribution is -0.309. The molecule has 0 unspecified atom stereocenters. The van der Waals surface area contributed by atoms with Gasteiger partial charge in [0.15, 0.2) is 6.61 Å². The molecule has 0 radical (unpaired) electrons. The van der Waals surface area contributed by atoms with E-state index < -0.39 is 12.6 Å². The summed E-state index contributed by atoms with van der Waals surface area (Å²) in [7, 11) is 0. The molecule has 1 aromatic rings. The number of nitrogens with zero attached hydrogens (tertiary/aromatic N) is 1. The molecule has 0 fully saturated rings. The second-order valence-electron chi connectivity index (χ2n) is 1.90. The maximum absolute atomic E-state index is 9.83. The average molecular weight is 168 g/mol. The molecule has 0 aliphatic carbocycles. The van der Waals surface area contributed by atoms with E-state index in [4.69, 9.17) is 4.42 Å². The van der Waals surface area contributed by atoms with Gasteiger partial charge in [-0.2, -0.15) is 0 Å². The van der Waals surface area contributed by atoms with Gasteiger partial charge in [0.1, 0.15) is 12.0 Å². The first-order valence-electron chi connectivity index (χ1n) is 3.18. The molecular formula is C7H6NO4-. The van der Waals surface area contributed by atoms with Crippen LogP contribution in [0.2, 0.25) is 0 Å². The summed E-state index contributed by atoms with van der Waals surface area (Å²) in [6, 6.07) is 3.34. The number of furan rings is 1. The predicted octanol–water partition coefficient (Wildman–Crippen LogP) is -0.620. The second-order valence-corrected chi connectivity index (χ2v) is 1.90. The summed E-state index contributed by atoms with van der Waals surface area (Å²) in [5, 5.41) is 13.1. The summed E-state index contributed by atoms with van der Waals surface area (Å²) in [4.78, 5) is 14.1. The van der Waals surface area contributed by atoms with Gasteiger partial charge in [0, 0.05) is 0 Å². The summed E-state index contributed by atoms with van der Waals surface area (Å²) in [5.74, 6) is -0.819. The van der Waals surface area contributed by atoms with Crippen LogP contribution in [0.1, 0.15) is 5.76 Å². The van der Waals surface area contributed by atoms with Crippen molar-refractivity contribution in [1.29, 1.82) is 0 Å². The van der Waals surface area contributed by atoms with E-state index in [-0.39, 0.29) is 0 Å². The molecule has 0 saturated carbocycles. The largest absolute Gasteiger partial charge is 0.546 e. The van der Waals surface area contributed by atoms with Crippen molar-refractivity contribution < 1.29 is 19.2 Å². The normalized spacial score (nSPS) is 10.3. The highest BCUT2D eigenvalue weighted by molar-refractivity contribution is 5.75. The molecule has 1 heterocycles. The lowest BCUT2D eigenvalue weighted by atomic mass is 10.5. The molecule has 5 nitrogen and oxygen atoms in total. The molecule has 0 amide bonds. The molecule has 0 spiro atoms. The molecule has 0 saturated heterocycles. The van der Waals surface area contributed by atoms with Crippen LogP contribution >= 0.6 is 0 Å². The Morgan fingerprint density at radius 1 is 1.83 bits per heavy atom. The third kappa shape index (κ3) is 2.87. The highest BCUT2D eigenvalue weighted by Crippen LogP contribution is 1.94. The van der Waals surface area contributed by atoms with Gasteiger partial charge in [-0.15, -0.1) is 0 Å². The van der Waals surface area contributed by atoms with Crippen LogP contribution in [0.3, 0.4) is 0 Å². The summed E-state index contributed by atoms with van der Waals surface area (Å²) < 4.78 is 4.85. The minimum Gasteiger partial charge on any atom is -0.546 e. The van der Waals surface area contributed by atoms with Crippen molar-refractivity contribution >= 4 is 12.2 Å². The van der Waals surface area contributed by atoms with Crippen LogP contribution in [0.25, 0.3) is 0 Å². The number of oxime groups is 1. The van der Waals surface area contributed by atoms with Crippen LogP contribution < -0.4 is 5.11 Å². The van der Waals surface area contributed by atoms with Gasteiger partial charge in [-0.1, -0.05) is 5.16 Å². The van der Waals surface area contributed by atoms with Gasteiger partial charge in [0.05, 0.1) is 12.2 Å². The first-order chi connectivity index (χ1) is 5.79. The lowest BCUT2D eigenvalue weighted by Crippen LogP contribution is -2.26. The van der Waals surface area contributed by atoms with E-state index in [9.17, 15) is 9.90 Å². The summed E-state index contributed by atoms with van der Waals surface area (Å²) >= 11 is 0. The highest BCUT2D eigenvalue weighted by atomic mass is 16.6. The van der Waals surface area contributed by atoms with Crippen molar-refractivity contribution in [3.05, 3.63) is 24.2 Å². The van der Waals surface area contributed by atoms with Crippen molar-refractivity contribution in [1.82, 2.24) is 0 Å². The maximum atomic E-state index is 9.83. The molecule has 64 valence electrons. The van der Waals surface area contributed by atoms with Gasteiger partial charge in [-0.3, -0.25) is 0 Å². The van der Waals surface area contributed by atoms with Crippen LogP contribution in [0.4, 0.5) is 0 Å². The van der Waals surface area contributed by atoms with Crippen molar-refractivity contribution in [2.24, 2.45) is 5.16 Å². The van der Waals surface area contributed by atoms with E-state index >= 15 is 0 Å². The third-order valence-electron chi connectivity index (χ3n) is 0.980. The number of aliphatic carboxylic acids is 1. The lowest BCUT2D eigenvalue weighted by Gasteiger charge is -1.97. The minimum absolute atomic E-state index is 0.494. The fourth-order valence-electron chi connectivity index (χ4n) is 0.544. The van der Waals surface area contributed by atoms with Crippen LogP contribution in [0.15, 0.2) is 28.0 Å². The van der Waals surface area contributed by atoms with Crippen molar-refractivity contribution in [3.63, 3.8) is 0 Å². The summed E-state index contributed by atoms with van der Waals surface area (Å²) in [6.07, 6.45) is 2.74. The molecule has 1 aromatic heterocycles. The first-order valence-corrected chi connectivity index (χ1v) is 3.18. The Bertz CT molecular complexity index is 265. The molecule has 0 bridgehead atoms. The van der Waals surface area contributed by atoms with Crippen LogP contribution in [0, 0.1) is 0 Å². The number of hydrogen-bond acceptors (Lipinski definition) is 5. The molecule has 0 atom stereocenters. The fraction of sp³-hybridized carbons (Fsp3) is 0.143. The number of carbonyl (C=O) groups excluding carboxylic acids is 1. The standard InChI is InChI=1S/C7H7NO4/c9-7(10)5-12-8-4-6-2-1-3-11-6/h1-4H,5H2,(H,9,10)/p-1/b8-4-. The number of carboxylic acid groups (broad SMARTS) is 1. The molecule has 5 heteroatoms. The quantitative estimate of drug-likeness (QED) is 0.443. The number of carbonyl (C=O) groups is 1. The monoisotopic (exact) mass is 168 g/mol. The molecule has 0 N–H and O–H groups in total. The predicted molar refractivity (Wildman–Crippen MR) is 37.3 cm³/mol. The zero-order valence-electron chi connectivity index (χ0n) is 6.10. The van der Waals surface area contributed by atoms with Crippen LogP contribution in [0.5, 0.6) is 0 Å². The first kappa shape index (κ1) is 8.32. The number of rotatable bonds is 4. The minimum atomic E-state index is -1.31. The molecule has 0 aliphatic rings. The van der Waals surface area contributed by atoms with Gasteiger partial charge >= 0.3 is 0 Å². The Hall–Kier alpha value is -1.78. The Kier molecular flexibility index (Phi) is 2.89. The smallest absolute Gasteiger partial charge is 0.156 e. The fourth-order valence-corrected chi connectivity index (χ4v) is 0.544. The van der Waals surface area contributed by atoms with Crippen molar-refractivity contribution in [2.45, 2.75) is 0 Å². The van der Waals surface area contributed by atoms with Gasteiger partial charge in [0.2, 0.25) is 0 Å². The summed E-state index contributed by atoms with van der Waals surface area (Å²) in [5.41, 5.74) is 0. The van der Waals surface area contributed by atoms with Crippen LogP contribution in [-0.4, -0.2) is 18.8 Å². The SMILES string of the molecule is O=C([O-])CO/N=C\c1ccco1. The maximum Gasteiger partial charge on any atom is 0.156 e. The summed E-state index contributed by atoms with van der Waals surface area (Å²) in [6.45, 7) is -0.558. The van der Waals surface area contributed by atoms with Gasteiger partial charge in [-0.25, -0.2) is 0 Å². The van der Waals surface area contributed by atoms with E-state index in [2.05, 4.69) is 9.99 Å². The molecule has 0 aliphatic heterocycles. The zero-order chi connectivity index (χ0) is 8.81. The third-order valence-corrected chi connectivity index (χ3v) is 0.980. The van der Waals surface area contributed by atoms with Crippen molar-refractivity contribution in [2.75, 3.05) is 6.61 Å². The highest BCUT2D eigenvalue weighted by Gasteiger charge is 1.87. The average Bonchev–Trinajstić information content (AvgIpc) is 2.49. The number of hydrogen-bond donors (Lipinski definition) is 0. The van der Waals surface area contributed by atoms with Gasteiger partial charge in [-0.05, 0) is 12.1 Å². The second kappa shape index (κ2) is 4.17. The molecule has 1 rings (SSSR count).